The Hall–Kier alpha value is -1.06. The lowest BCUT2D eigenvalue weighted by Gasteiger charge is -2.20. The zero-order valence-corrected chi connectivity index (χ0v) is 8.98. The number of amides is 1. The van der Waals surface area contributed by atoms with E-state index in [1.807, 2.05) is 11.9 Å². The molecule has 1 N–H and O–H groups in total. The van der Waals surface area contributed by atoms with Crippen LogP contribution in [-0.2, 0) is 9.59 Å². The average Bonchev–Trinajstić information content (AvgIpc) is 2.93. The van der Waals surface area contributed by atoms with Crippen molar-refractivity contribution in [2.45, 2.75) is 38.1 Å². The van der Waals surface area contributed by atoms with Crippen LogP contribution in [-0.4, -0.2) is 35.0 Å². The van der Waals surface area contributed by atoms with Crippen LogP contribution in [0.1, 0.15) is 32.1 Å². The Kier molecular flexibility index (Phi) is 2.67. The maximum absolute atomic E-state index is 11.9. The van der Waals surface area contributed by atoms with Gasteiger partial charge < -0.3 is 10.0 Å². The number of nitrogens with zero attached hydrogens (tertiary/aromatic N) is 1. The molecule has 0 aliphatic heterocycles. The van der Waals surface area contributed by atoms with Gasteiger partial charge in [-0.25, -0.2) is 0 Å². The van der Waals surface area contributed by atoms with Gasteiger partial charge in [0.15, 0.2) is 0 Å². The van der Waals surface area contributed by atoms with Gasteiger partial charge in [0.05, 0.1) is 5.92 Å². The van der Waals surface area contributed by atoms with Crippen molar-refractivity contribution < 1.29 is 14.7 Å². The molecular weight excluding hydrogens is 194 g/mol. The molecule has 4 nitrogen and oxygen atoms in total. The van der Waals surface area contributed by atoms with Gasteiger partial charge in [-0.1, -0.05) is 0 Å². The van der Waals surface area contributed by atoms with Crippen molar-refractivity contribution in [2.75, 3.05) is 7.05 Å². The molecule has 4 heteroatoms. The van der Waals surface area contributed by atoms with Gasteiger partial charge in [-0.2, -0.15) is 0 Å². The van der Waals surface area contributed by atoms with E-state index in [9.17, 15) is 9.59 Å². The predicted octanol–water partition coefficient (Wildman–Crippen LogP) is 1.11. The van der Waals surface area contributed by atoms with Crippen LogP contribution in [0.2, 0.25) is 0 Å². The highest BCUT2D eigenvalue weighted by Crippen LogP contribution is 2.34. The lowest BCUT2D eigenvalue weighted by atomic mass is 10.0. The number of carbonyl (C=O) groups excluding carboxylic acids is 1. The third-order valence-corrected chi connectivity index (χ3v) is 3.57. The number of carboxylic acids is 1. The zero-order chi connectivity index (χ0) is 11.0. The molecule has 1 amide bonds. The minimum atomic E-state index is -0.751. The molecule has 2 rings (SSSR count). The number of carboxylic acid groups (broad SMARTS) is 1. The van der Waals surface area contributed by atoms with E-state index in [1.165, 1.54) is 0 Å². The SMILES string of the molecule is CN(C(=O)C1CCC(C(=O)O)C1)C1CC1. The normalized spacial score (nSPS) is 30.2. The molecule has 0 radical (unpaired) electrons. The van der Waals surface area contributed by atoms with Gasteiger partial charge in [0, 0.05) is 19.0 Å². The van der Waals surface area contributed by atoms with Crippen LogP contribution in [0.5, 0.6) is 0 Å². The molecule has 0 aromatic heterocycles. The van der Waals surface area contributed by atoms with Gasteiger partial charge in [0.1, 0.15) is 0 Å². The molecule has 2 saturated carbocycles. The maximum atomic E-state index is 11.9. The Labute approximate surface area is 89.3 Å². The van der Waals surface area contributed by atoms with Crippen molar-refractivity contribution in [3.8, 4) is 0 Å². The van der Waals surface area contributed by atoms with Crippen LogP contribution < -0.4 is 0 Å². The Morgan fingerprint density at radius 2 is 1.73 bits per heavy atom. The molecule has 84 valence electrons. The molecule has 2 fully saturated rings. The first-order valence-corrected chi connectivity index (χ1v) is 5.59. The summed E-state index contributed by atoms with van der Waals surface area (Å²) in [6.07, 6.45) is 4.15. The summed E-state index contributed by atoms with van der Waals surface area (Å²) in [5.41, 5.74) is 0. The highest BCUT2D eigenvalue weighted by Gasteiger charge is 2.38. The second-order valence-electron chi connectivity index (χ2n) is 4.73. The van der Waals surface area contributed by atoms with Crippen LogP contribution in [0, 0.1) is 11.8 Å². The van der Waals surface area contributed by atoms with Gasteiger partial charge in [0.25, 0.3) is 0 Å². The van der Waals surface area contributed by atoms with E-state index in [2.05, 4.69) is 0 Å². The number of hydrogen-bond donors (Lipinski definition) is 1. The van der Waals surface area contributed by atoms with Crippen molar-refractivity contribution in [1.82, 2.24) is 4.90 Å². The van der Waals surface area contributed by atoms with Crippen LogP contribution in [0.4, 0.5) is 0 Å². The van der Waals surface area contributed by atoms with Crippen molar-refractivity contribution in [3.63, 3.8) is 0 Å². The van der Waals surface area contributed by atoms with Crippen molar-refractivity contribution in [3.05, 3.63) is 0 Å². The summed E-state index contributed by atoms with van der Waals surface area (Å²) in [5, 5.41) is 8.85. The summed E-state index contributed by atoms with van der Waals surface area (Å²) in [6.45, 7) is 0. The summed E-state index contributed by atoms with van der Waals surface area (Å²) in [6, 6.07) is 0.432. The molecule has 0 bridgehead atoms. The third-order valence-electron chi connectivity index (χ3n) is 3.57. The monoisotopic (exact) mass is 211 g/mol. The van der Waals surface area contributed by atoms with E-state index in [-0.39, 0.29) is 17.7 Å². The zero-order valence-electron chi connectivity index (χ0n) is 8.98. The fourth-order valence-electron chi connectivity index (χ4n) is 2.36. The summed E-state index contributed by atoms with van der Waals surface area (Å²) in [7, 11) is 1.84. The van der Waals surface area contributed by atoms with Crippen LogP contribution in [0.3, 0.4) is 0 Å². The Bertz CT molecular complexity index is 286. The van der Waals surface area contributed by atoms with E-state index >= 15 is 0 Å². The fraction of sp³-hybridized carbons (Fsp3) is 0.818. The predicted molar refractivity (Wildman–Crippen MR) is 54.3 cm³/mol. The van der Waals surface area contributed by atoms with Crippen LogP contribution in [0.25, 0.3) is 0 Å². The first kappa shape index (κ1) is 10.5. The van der Waals surface area contributed by atoms with Gasteiger partial charge in [-0.05, 0) is 32.1 Å². The molecular formula is C11H17NO3. The Morgan fingerprint density at radius 3 is 2.20 bits per heavy atom. The minimum absolute atomic E-state index is 0.0447. The van der Waals surface area contributed by atoms with E-state index < -0.39 is 5.97 Å². The van der Waals surface area contributed by atoms with Crippen LogP contribution >= 0.6 is 0 Å². The number of hydrogen-bond acceptors (Lipinski definition) is 2. The molecule has 0 aromatic rings. The molecule has 0 heterocycles. The Morgan fingerprint density at radius 1 is 1.13 bits per heavy atom. The molecule has 15 heavy (non-hydrogen) atoms. The van der Waals surface area contributed by atoms with Crippen molar-refractivity contribution >= 4 is 11.9 Å². The lowest BCUT2D eigenvalue weighted by Crippen LogP contribution is -2.33. The average molecular weight is 211 g/mol. The quantitative estimate of drug-likeness (QED) is 0.760. The third kappa shape index (κ3) is 2.13. The summed E-state index contributed by atoms with van der Waals surface area (Å²) >= 11 is 0. The van der Waals surface area contributed by atoms with E-state index in [0.717, 1.165) is 19.3 Å². The lowest BCUT2D eigenvalue weighted by molar-refractivity contribution is -0.141. The minimum Gasteiger partial charge on any atom is -0.481 e. The molecule has 2 aliphatic rings. The highest BCUT2D eigenvalue weighted by atomic mass is 16.4. The molecule has 0 aromatic carbocycles. The topological polar surface area (TPSA) is 57.6 Å². The number of aliphatic carboxylic acids is 1. The number of carbonyl (C=O) groups is 2. The van der Waals surface area contributed by atoms with Crippen molar-refractivity contribution in [1.29, 1.82) is 0 Å². The van der Waals surface area contributed by atoms with Gasteiger partial charge >= 0.3 is 5.97 Å². The summed E-state index contributed by atoms with van der Waals surface area (Å²) < 4.78 is 0. The second-order valence-corrected chi connectivity index (χ2v) is 4.73. The number of rotatable bonds is 3. The van der Waals surface area contributed by atoms with E-state index in [1.54, 1.807) is 0 Å². The molecule has 0 spiro atoms. The first-order chi connectivity index (χ1) is 7.09. The van der Waals surface area contributed by atoms with Crippen molar-refractivity contribution in [2.24, 2.45) is 11.8 Å². The van der Waals surface area contributed by atoms with Crippen LogP contribution in [0.15, 0.2) is 0 Å². The largest absolute Gasteiger partial charge is 0.481 e. The van der Waals surface area contributed by atoms with Gasteiger partial charge in [-0.15, -0.1) is 0 Å². The smallest absolute Gasteiger partial charge is 0.306 e. The second kappa shape index (κ2) is 3.83. The highest BCUT2D eigenvalue weighted by molar-refractivity contribution is 5.81. The van der Waals surface area contributed by atoms with E-state index in [0.29, 0.717) is 18.9 Å². The molecule has 2 unspecified atom stereocenters. The molecule has 0 saturated heterocycles. The van der Waals surface area contributed by atoms with Gasteiger partial charge in [0.2, 0.25) is 5.91 Å². The Balaban J connectivity index is 1.89. The van der Waals surface area contributed by atoms with E-state index in [4.69, 9.17) is 5.11 Å². The fourth-order valence-corrected chi connectivity index (χ4v) is 2.36. The maximum Gasteiger partial charge on any atom is 0.306 e. The standard InChI is InChI=1S/C11H17NO3/c1-12(9-4-5-9)10(13)7-2-3-8(6-7)11(14)15/h7-9H,2-6H2,1H3,(H,14,15). The summed E-state index contributed by atoms with van der Waals surface area (Å²) in [5.74, 6) is -0.941. The van der Waals surface area contributed by atoms with Gasteiger partial charge in [-0.3, -0.25) is 9.59 Å². The molecule has 2 aliphatic carbocycles. The molecule has 2 atom stereocenters. The first-order valence-electron chi connectivity index (χ1n) is 5.59. The summed E-state index contributed by atoms with van der Waals surface area (Å²) in [4.78, 5) is 24.5.